The van der Waals surface area contributed by atoms with Crippen molar-refractivity contribution in [2.45, 2.75) is 0 Å². The molecule has 0 spiro atoms. The molecule has 0 aliphatic carbocycles. The number of hydrogen-bond acceptors (Lipinski definition) is 3. The summed E-state index contributed by atoms with van der Waals surface area (Å²) in [4.78, 5) is 0. The van der Waals surface area contributed by atoms with Gasteiger partial charge in [-0.1, -0.05) is 0 Å². The van der Waals surface area contributed by atoms with Crippen LogP contribution in [-0.2, 0) is 16.8 Å². The molecule has 0 aromatic carbocycles. The molecular weight excluding hydrogens is 234 g/mol. The van der Waals surface area contributed by atoms with E-state index in [-0.39, 0.29) is 16.8 Å². The van der Waals surface area contributed by atoms with Gasteiger partial charge >= 0.3 is 16.8 Å². The summed E-state index contributed by atoms with van der Waals surface area (Å²) in [6, 6.07) is 0. The van der Waals surface area contributed by atoms with Crippen LogP contribution in [0, 0.1) is 0 Å². The van der Waals surface area contributed by atoms with Crippen LogP contribution < -0.4 is 31.4 Å². The fraction of sp³-hybridized carbons (Fsp3) is 0. The monoisotopic (exact) mass is 234 g/mol. The van der Waals surface area contributed by atoms with Gasteiger partial charge in [-0.3, -0.25) is 0 Å². The molecule has 0 heterocycles. The maximum absolute atomic E-state index is 8.57. The summed E-state index contributed by atoms with van der Waals surface area (Å²) in [6.07, 6.45) is 0. The van der Waals surface area contributed by atoms with Crippen molar-refractivity contribution in [3.63, 3.8) is 0 Å². The van der Waals surface area contributed by atoms with E-state index in [2.05, 4.69) is 0 Å². The van der Waals surface area contributed by atoms with Crippen molar-refractivity contribution in [3.8, 4) is 0 Å². The van der Waals surface area contributed by atoms with Crippen LogP contribution in [0.25, 0.3) is 0 Å². The smallest absolute Gasteiger partial charge is 0.427 e. The Labute approximate surface area is 48.2 Å². The molecule has 0 aromatic heterocycles. The molecule has 0 rings (SSSR count). The van der Waals surface area contributed by atoms with Crippen LogP contribution in [0.3, 0.4) is 0 Å². The maximum atomic E-state index is 8.57. The van der Waals surface area contributed by atoms with Crippen molar-refractivity contribution in [2.24, 2.45) is 0 Å². The number of halogens is 1. The van der Waals surface area contributed by atoms with E-state index in [1.165, 1.54) is 0 Å². The summed E-state index contributed by atoms with van der Waals surface area (Å²) >= 11 is -4.01. The Morgan fingerprint density at radius 3 is 1.00 bits per heavy atom. The minimum Gasteiger partial charge on any atom is -0.427 e. The molecule has 0 N–H and O–H groups in total. The molecule has 0 aromatic rings. The molecule has 5 heavy (non-hydrogen) atoms. The molecule has 5 heteroatoms. The van der Waals surface area contributed by atoms with E-state index in [1.54, 1.807) is 0 Å². The van der Waals surface area contributed by atoms with Gasteiger partial charge in [-0.05, 0) is 0 Å². The van der Waals surface area contributed by atoms with Gasteiger partial charge in [-0.25, -0.2) is 0 Å². The third-order valence-electron chi connectivity index (χ3n) is 0. The van der Waals surface area contributed by atoms with E-state index in [9.17, 15) is 0 Å². The first-order valence-electron chi connectivity index (χ1n) is 0.463. The summed E-state index contributed by atoms with van der Waals surface area (Å²) in [6.45, 7) is 0. The summed E-state index contributed by atoms with van der Waals surface area (Å²) in [5.41, 5.74) is 0. The van der Waals surface area contributed by atoms with E-state index < -0.39 is 21.1 Å². The van der Waals surface area contributed by atoms with Crippen LogP contribution in [0.5, 0.6) is 0 Å². The zero-order valence-electron chi connectivity index (χ0n) is 1.94. The van der Waals surface area contributed by atoms with Gasteiger partial charge in [-0.2, -0.15) is 0 Å². The summed E-state index contributed by atoms with van der Waals surface area (Å²) in [7, 11) is 0. The Hall–Kier alpha value is 1.12. The van der Waals surface area contributed by atoms with Crippen molar-refractivity contribution < 1.29 is 48.2 Å². The molecule has 0 fully saturated rings. The predicted molar refractivity (Wildman–Crippen MR) is 0 cm³/mol. The average Bonchev–Trinajstić information content (AvgIpc) is 0.811. The first-order chi connectivity index (χ1) is 1.73. The molecule has 33 valence electrons. The first-order valence-corrected chi connectivity index (χ1v) is 3.11. The molecule has 0 saturated heterocycles. The minimum absolute atomic E-state index is 0. The van der Waals surface area contributed by atoms with Gasteiger partial charge in [0.25, 0.3) is 21.1 Å². The van der Waals surface area contributed by atoms with E-state index in [1.807, 2.05) is 0 Å². The standard InChI is InChI=1S/Co.IO3/c;2-1(3)4/q+2;-1. The largest absolute Gasteiger partial charge is 2.00 e. The van der Waals surface area contributed by atoms with E-state index in [0.29, 0.717) is 0 Å². The average molecular weight is 234 g/mol. The number of rotatable bonds is 0. The minimum atomic E-state index is -4.01. The van der Waals surface area contributed by atoms with Crippen LogP contribution >= 0.6 is 0 Å². The predicted octanol–water partition coefficient (Wildman–Crippen LogP) is -6.57. The molecule has 0 aliphatic heterocycles. The van der Waals surface area contributed by atoms with Gasteiger partial charge in [0.2, 0.25) is 0 Å². The Balaban J connectivity index is 0. The van der Waals surface area contributed by atoms with Crippen LogP contribution in [0.1, 0.15) is 0 Å². The van der Waals surface area contributed by atoms with Crippen molar-refractivity contribution in [3.05, 3.63) is 0 Å². The van der Waals surface area contributed by atoms with Crippen LogP contribution in [0.2, 0.25) is 0 Å². The van der Waals surface area contributed by atoms with Gasteiger partial charge in [0.15, 0.2) is 0 Å². The van der Waals surface area contributed by atoms with Gasteiger partial charge in [0, 0.05) is 0 Å². The second-order valence-electron chi connectivity index (χ2n) is 0.189. The Morgan fingerprint density at radius 1 is 1.00 bits per heavy atom. The molecule has 0 bridgehead atoms. The van der Waals surface area contributed by atoms with Gasteiger partial charge in [-0.15, -0.1) is 0 Å². The van der Waals surface area contributed by atoms with Crippen LogP contribution in [0.15, 0.2) is 0 Å². The number of hydrogen-bond donors (Lipinski definition) is 0. The van der Waals surface area contributed by atoms with Crippen molar-refractivity contribution in [1.29, 1.82) is 0 Å². The third kappa shape index (κ3) is 39.9. The molecule has 0 aliphatic rings. The van der Waals surface area contributed by atoms with Gasteiger partial charge in [0.1, 0.15) is 0 Å². The normalized spacial score (nSPS) is 7.20. The van der Waals surface area contributed by atoms with Crippen molar-refractivity contribution in [1.82, 2.24) is 0 Å². The molecule has 1 radical (unpaired) electrons. The summed E-state index contributed by atoms with van der Waals surface area (Å²) in [5, 5.41) is 0. The van der Waals surface area contributed by atoms with E-state index in [0.717, 1.165) is 0 Å². The molecule has 0 atom stereocenters. The van der Waals surface area contributed by atoms with Gasteiger partial charge < -0.3 is 10.3 Å². The van der Waals surface area contributed by atoms with Crippen LogP contribution in [0.4, 0.5) is 0 Å². The summed E-state index contributed by atoms with van der Waals surface area (Å²) < 4.78 is 25.7. The molecule has 0 unspecified atom stereocenters. The topological polar surface area (TPSA) is 69.2 Å². The third-order valence-corrected chi connectivity index (χ3v) is 0. The Morgan fingerprint density at radius 2 is 1.00 bits per heavy atom. The maximum Gasteiger partial charge on any atom is 2.00 e. The zero-order chi connectivity index (χ0) is 3.58. The molecular formula is CoIO3+. The second kappa shape index (κ2) is 5.12. The quantitative estimate of drug-likeness (QED) is 0.391. The fourth-order valence-electron chi connectivity index (χ4n) is 0. The molecule has 3 nitrogen and oxygen atoms in total. The van der Waals surface area contributed by atoms with Crippen molar-refractivity contribution in [2.75, 3.05) is 0 Å². The Bertz CT molecular complexity index is 11.6. The fourth-order valence-corrected chi connectivity index (χ4v) is 0. The van der Waals surface area contributed by atoms with Gasteiger partial charge in [0.05, 0.1) is 0 Å². The van der Waals surface area contributed by atoms with Crippen molar-refractivity contribution >= 4 is 0 Å². The zero-order valence-corrected chi connectivity index (χ0v) is 5.13. The van der Waals surface area contributed by atoms with Crippen LogP contribution in [-0.4, -0.2) is 0 Å². The SMILES string of the molecule is [Co+2].[O-][I+2]([O-])[O-]. The first kappa shape index (κ1) is 9.45. The summed E-state index contributed by atoms with van der Waals surface area (Å²) in [5.74, 6) is 0. The second-order valence-corrected chi connectivity index (χ2v) is 1.27. The Kier molecular flexibility index (Phi) is 9.67. The van der Waals surface area contributed by atoms with E-state index >= 15 is 0 Å². The molecule has 0 saturated carbocycles. The molecule has 0 amide bonds. The van der Waals surface area contributed by atoms with E-state index in [4.69, 9.17) is 10.3 Å².